The van der Waals surface area contributed by atoms with Crippen molar-refractivity contribution in [1.29, 1.82) is 0 Å². The lowest BCUT2D eigenvalue weighted by atomic mass is 9.57. The van der Waals surface area contributed by atoms with Gasteiger partial charge >= 0.3 is 0 Å². The molecular weight excluding hydrogens is 821 g/mol. The van der Waals surface area contributed by atoms with Crippen LogP contribution < -0.4 is 4.90 Å². The van der Waals surface area contributed by atoms with Crippen LogP contribution >= 0.6 is 11.3 Å². The van der Waals surface area contributed by atoms with Crippen LogP contribution in [0.4, 0.5) is 17.1 Å². The monoisotopic (exact) mass is 874 g/mol. The first-order chi connectivity index (χ1) is 32.6. The number of benzene rings is 6. The van der Waals surface area contributed by atoms with E-state index in [0.29, 0.717) is 0 Å². The van der Waals surface area contributed by atoms with Crippen molar-refractivity contribution in [3.63, 3.8) is 0 Å². The Balaban J connectivity index is 0.852. The Labute approximate surface area is 391 Å². The van der Waals surface area contributed by atoms with E-state index in [1.807, 2.05) is 11.3 Å². The number of nitrogens with zero attached hydrogens (tertiary/aromatic N) is 4. The highest BCUT2D eigenvalue weighted by molar-refractivity contribution is 7.26. The average molecular weight is 875 g/mol. The summed E-state index contributed by atoms with van der Waals surface area (Å²) >= 11 is 1.93. The number of para-hydroxylation sites is 2. The molecule has 8 aliphatic rings. The van der Waals surface area contributed by atoms with Gasteiger partial charge in [0.1, 0.15) is 11.6 Å². The van der Waals surface area contributed by atoms with Crippen LogP contribution in [0.2, 0.25) is 0 Å². The minimum Gasteiger partial charge on any atom is -0.310 e. The minimum atomic E-state index is -0.558. The van der Waals surface area contributed by atoms with Crippen LogP contribution in [-0.4, -0.2) is 15.0 Å². The molecule has 4 nitrogen and oxygen atoms in total. The van der Waals surface area contributed by atoms with Crippen molar-refractivity contribution in [2.75, 3.05) is 4.90 Å². The Morgan fingerprint density at radius 2 is 1.14 bits per heavy atom. The third kappa shape index (κ3) is 4.93. The van der Waals surface area contributed by atoms with Gasteiger partial charge in [0.05, 0.1) is 16.8 Å². The van der Waals surface area contributed by atoms with Crippen molar-refractivity contribution in [3.8, 4) is 11.4 Å². The van der Waals surface area contributed by atoms with Gasteiger partial charge in [-0.2, -0.15) is 0 Å². The van der Waals surface area contributed by atoms with Crippen LogP contribution in [-0.2, 0) is 16.2 Å². The van der Waals surface area contributed by atoms with Crippen LogP contribution in [0.5, 0.6) is 0 Å². The van der Waals surface area contributed by atoms with E-state index < -0.39 is 5.41 Å². The first-order valence-electron chi connectivity index (χ1n) is 25.4. The number of hydrogen-bond donors (Lipinski definition) is 0. The Kier molecular flexibility index (Phi) is 7.53. The molecule has 6 aromatic carbocycles. The van der Waals surface area contributed by atoms with Crippen molar-refractivity contribution < 1.29 is 0 Å². The Morgan fingerprint density at radius 3 is 1.89 bits per heavy atom. The summed E-state index contributed by atoms with van der Waals surface area (Å²) in [5.74, 6) is 10.5. The fourth-order valence-electron chi connectivity index (χ4n) is 17.3. The summed E-state index contributed by atoms with van der Waals surface area (Å²) in [6.07, 6.45) is 14.9. The third-order valence-corrected chi connectivity index (χ3v) is 20.7. The smallest absolute Gasteiger partial charge is 0.163 e. The molecule has 0 saturated heterocycles. The van der Waals surface area contributed by atoms with E-state index in [0.717, 1.165) is 70.2 Å². The molecule has 0 N–H and O–H groups in total. The summed E-state index contributed by atoms with van der Waals surface area (Å²) in [6.45, 7) is 0. The molecule has 5 heteroatoms. The molecule has 16 rings (SSSR count). The van der Waals surface area contributed by atoms with Crippen LogP contribution in [0.25, 0.3) is 31.6 Å². The lowest BCUT2D eigenvalue weighted by molar-refractivity contribution is 0.0719. The SMILES string of the molecule is c1ccc(C2(c3cccc4c3sc3ccccc34)c3ccccc3N(c3ccc(-c4nc(C56CC7CCCC(C5)C7C6)nc(C56CC7CC(C5)C5C(C7)C5C6)n4)cc3)c3ccccc32)cc1. The molecule has 0 radical (unpaired) electrons. The molecule has 7 aliphatic carbocycles. The topological polar surface area (TPSA) is 41.9 Å². The lowest BCUT2D eigenvalue weighted by Gasteiger charge is -2.48. The largest absolute Gasteiger partial charge is 0.310 e. The maximum Gasteiger partial charge on any atom is 0.163 e. The normalized spacial score (nSPS) is 32.4. The van der Waals surface area contributed by atoms with Gasteiger partial charge in [-0.05, 0) is 163 Å². The van der Waals surface area contributed by atoms with E-state index in [9.17, 15) is 0 Å². The highest BCUT2D eigenvalue weighted by Gasteiger charge is 2.68. The van der Waals surface area contributed by atoms with E-state index in [-0.39, 0.29) is 10.8 Å². The molecule has 324 valence electrons. The highest BCUT2D eigenvalue weighted by Crippen LogP contribution is 2.74. The second kappa shape index (κ2) is 13.3. The van der Waals surface area contributed by atoms with Crippen LogP contribution in [0.15, 0.2) is 146 Å². The van der Waals surface area contributed by atoms with E-state index in [4.69, 9.17) is 15.0 Å². The molecular formula is C61H54N4S. The Bertz CT molecular complexity index is 3220. The fraction of sp³-hybridized carbons (Fsp3) is 0.361. The van der Waals surface area contributed by atoms with Gasteiger partial charge in [0.25, 0.3) is 0 Å². The summed E-state index contributed by atoms with van der Waals surface area (Å²) in [5, 5.41) is 2.65. The zero-order chi connectivity index (χ0) is 42.9. The van der Waals surface area contributed by atoms with Crippen molar-refractivity contribution in [2.24, 2.45) is 47.3 Å². The number of aromatic nitrogens is 3. The van der Waals surface area contributed by atoms with Gasteiger partial charge in [0.15, 0.2) is 5.82 Å². The highest BCUT2D eigenvalue weighted by atomic mass is 32.1. The van der Waals surface area contributed by atoms with Gasteiger partial charge in [-0.1, -0.05) is 122 Å². The van der Waals surface area contributed by atoms with Gasteiger partial charge in [0, 0.05) is 42.3 Å². The van der Waals surface area contributed by atoms with Gasteiger partial charge in [-0.3, -0.25) is 0 Å². The Hall–Kier alpha value is -5.65. The van der Waals surface area contributed by atoms with Crippen LogP contribution in [0, 0.1) is 47.3 Å². The predicted octanol–water partition coefficient (Wildman–Crippen LogP) is 14.9. The van der Waals surface area contributed by atoms with Crippen molar-refractivity contribution >= 4 is 48.6 Å². The van der Waals surface area contributed by atoms with E-state index >= 15 is 0 Å². The van der Waals surface area contributed by atoms with Crippen LogP contribution in [0.3, 0.4) is 0 Å². The molecule has 1 aliphatic heterocycles. The molecule has 66 heavy (non-hydrogen) atoms. The molecule has 5 bridgehead atoms. The van der Waals surface area contributed by atoms with Crippen LogP contribution in [0.1, 0.15) is 105 Å². The number of anilines is 3. The molecule has 3 heterocycles. The molecule has 8 unspecified atom stereocenters. The summed E-state index contributed by atoms with van der Waals surface area (Å²) < 4.78 is 2.67. The molecule has 7 saturated carbocycles. The van der Waals surface area contributed by atoms with Gasteiger partial charge in [-0.15, -0.1) is 11.3 Å². The maximum absolute atomic E-state index is 5.78. The van der Waals surface area contributed by atoms with Crippen molar-refractivity contribution in [1.82, 2.24) is 15.0 Å². The zero-order valence-corrected chi connectivity index (χ0v) is 38.3. The molecule has 8 aromatic rings. The van der Waals surface area contributed by atoms with Gasteiger partial charge < -0.3 is 4.90 Å². The summed E-state index contributed by atoms with van der Waals surface area (Å²) in [6, 6.07) is 54.9. The van der Waals surface area contributed by atoms with Gasteiger partial charge in [-0.25, -0.2) is 15.0 Å². The summed E-state index contributed by atoms with van der Waals surface area (Å²) in [4.78, 5) is 19.6. The van der Waals surface area contributed by atoms with E-state index in [1.165, 1.54) is 130 Å². The first-order valence-corrected chi connectivity index (χ1v) is 26.2. The molecule has 2 aromatic heterocycles. The second-order valence-electron chi connectivity index (χ2n) is 22.5. The molecule has 0 spiro atoms. The standard InChI is InChI=1S/C61H54N4S/c1-2-14-41(15-3-1)61(50-20-11-17-44-43-16-4-9-23-53(43)66-55(44)50)48-18-5-7-21-51(48)65(52-22-8-6-19-49(52)61)42-26-24-37(25-27-42)56-62-57(59-30-36-28-40(33-59)54-45(29-36)47(54)35-59)64-58(63-56)60-31-38-12-10-13-39(32-60)46(38)34-60/h1-9,11,14-27,36,38-40,45-47,54H,10,12-13,28-35H2. The average Bonchev–Trinajstić information content (AvgIpc) is 3.62. The third-order valence-electron chi connectivity index (χ3n) is 19.5. The Morgan fingerprint density at radius 1 is 0.500 bits per heavy atom. The molecule has 8 atom stereocenters. The fourth-order valence-corrected chi connectivity index (χ4v) is 18.6. The quantitative estimate of drug-likeness (QED) is 0.167. The van der Waals surface area contributed by atoms with E-state index in [2.05, 4.69) is 150 Å². The summed E-state index contributed by atoms with van der Waals surface area (Å²) in [5.41, 5.74) is 9.57. The number of thiophene rings is 1. The minimum absolute atomic E-state index is 0.127. The summed E-state index contributed by atoms with van der Waals surface area (Å²) in [7, 11) is 0. The molecule has 7 fully saturated rings. The zero-order valence-electron chi connectivity index (χ0n) is 37.5. The van der Waals surface area contributed by atoms with E-state index in [1.54, 1.807) is 0 Å². The number of fused-ring (bicyclic) bond motifs is 9. The van der Waals surface area contributed by atoms with Gasteiger partial charge in [0.2, 0.25) is 0 Å². The maximum atomic E-state index is 5.78. The lowest BCUT2D eigenvalue weighted by Crippen LogP contribution is -2.44. The van der Waals surface area contributed by atoms with Crippen molar-refractivity contribution in [2.45, 2.75) is 86.9 Å². The predicted molar refractivity (Wildman–Crippen MR) is 267 cm³/mol. The van der Waals surface area contributed by atoms with Crippen molar-refractivity contribution in [3.05, 3.63) is 179 Å². The molecule has 0 amide bonds. The second-order valence-corrected chi connectivity index (χ2v) is 23.6. The number of rotatable bonds is 6. The number of hydrogen-bond acceptors (Lipinski definition) is 5. The first kappa shape index (κ1) is 37.4.